The summed E-state index contributed by atoms with van der Waals surface area (Å²) in [5.74, 6) is 0. The Labute approximate surface area is 117 Å². The zero-order valence-electron chi connectivity index (χ0n) is 10.7. The van der Waals surface area contributed by atoms with Crippen molar-refractivity contribution in [3.05, 3.63) is 38.9 Å². The summed E-state index contributed by atoms with van der Waals surface area (Å²) in [5.41, 5.74) is 0.738. The second-order valence-electron chi connectivity index (χ2n) is 5.40. The minimum Gasteiger partial charge on any atom is -0.258 e. The highest BCUT2D eigenvalue weighted by molar-refractivity contribution is 6.30. The molecule has 0 radical (unpaired) electrons. The number of aryl methyl sites for hydroxylation is 1. The first-order chi connectivity index (χ1) is 8.21. The third-order valence-electron chi connectivity index (χ3n) is 2.85. The summed E-state index contributed by atoms with van der Waals surface area (Å²) < 4.78 is 0. The van der Waals surface area contributed by atoms with E-state index < -0.39 is 4.92 Å². The molecule has 0 saturated heterocycles. The Hall–Kier alpha value is -0.800. The number of nitro benzene ring substituents is 1. The fraction of sp³-hybridized carbons (Fsp3) is 0.538. The van der Waals surface area contributed by atoms with Crippen LogP contribution in [-0.4, -0.2) is 10.3 Å². The maximum absolute atomic E-state index is 10.9. The third-order valence-corrected chi connectivity index (χ3v) is 3.96. The van der Waals surface area contributed by atoms with Gasteiger partial charge >= 0.3 is 0 Å². The van der Waals surface area contributed by atoms with E-state index in [1.807, 2.05) is 0 Å². The first kappa shape index (κ1) is 15.3. The zero-order chi connectivity index (χ0) is 13.9. The summed E-state index contributed by atoms with van der Waals surface area (Å²) in [6.07, 6.45) is 1.28. The lowest BCUT2D eigenvalue weighted by molar-refractivity contribution is -0.385. The summed E-state index contributed by atoms with van der Waals surface area (Å²) >= 11 is 12.0. The number of alkyl halides is 1. The van der Waals surface area contributed by atoms with E-state index in [9.17, 15) is 10.1 Å². The van der Waals surface area contributed by atoms with E-state index in [1.165, 1.54) is 6.07 Å². The van der Waals surface area contributed by atoms with E-state index in [4.69, 9.17) is 23.2 Å². The lowest BCUT2D eigenvalue weighted by Gasteiger charge is -2.24. The van der Waals surface area contributed by atoms with Gasteiger partial charge in [0.05, 0.1) is 4.92 Å². The Morgan fingerprint density at radius 1 is 1.39 bits per heavy atom. The smallest absolute Gasteiger partial charge is 0.258 e. The van der Waals surface area contributed by atoms with Gasteiger partial charge in [-0.2, -0.15) is 0 Å². The van der Waals surface area contributed by atoms with E-state index >= 15 is 0 Å². The van der Waals surface area contributed by atoms with Gasteiger partial charge in [-0.3, -0.25) is 10.1 Å². The van der Waals surface area contributed by atoms with Crippen LogP contribution in [-0.2, 0) is 6.42 Å². The molecular formula is C13H17Cl2NO2. The monoisotopic (exact) mass is 289 g/mol. The van der Waals surface area contributed by atoms with Gasteiger partial charge in [-0.15, -0.1) is 11.6 Å². The van der Waals surface area contributed by atoms with Gasteiger partial charge in [-0.05, 0) is 24.3 Å². The van der Waals surface area contributed by atoms with Crippen molar-refractivity contribution in [1.29, 1.82) is 0 Å². The Kier molecular flexibility index (Phi) is 5.00. The van der Waals surface area contributed by atoms with Crippen molar-refractivity contribution in [1.82, 2.24) is 0 Å². The molecule has 0 fully saturated rings. The highest BCUT2D eigenvalue weighted by atomic mass is 35.5. The van der Waals surface area contributed by atoms with E-state index in [1.54, 1.807) is 12.1 Å². The Morgan fingerprint density at radius 2 is 2.00 bits per heavy atom. The molecule has 0 bridgehead atoms. The van der Waals surface area contributed by atoms with Gasteiger partial charge in [-0.1, -0.05) is 38.4 Å². The van der Waals surface area contributed by atoms with Crippen LogP contribution >= 0.6 is 23.2 Å². The van der Waals surface area contributed by atoms with Gasteiger partial charge < -0.3 is 0 Å². The number of hydrogen-bond acceptors (Lipinski definition) is 2. The SMILES string of the molecule is CC(C)(C)C(Cl)CCc1ccc(Cl)cc1[N+](=O)[O-]. The van der Waals surface area contributed by atoms with Crippen LogP contribution in [0, 0.1) is 15.5 Å². The van der Waals surface area contributed by atoms with Crippen LogP contribution in [0.3, 0.4) is 0 Å². The average molecular weight is 290 g/mol. The third kappa shape index (κ3) is 4.14. The van der Waals surface area contributed by atoms with Crippen molar-refractivity contribution in [3.8, 4) is 0 Å². The summed E-state index contributed by atoms with van der Waals surface area (Å²) in [6, 6.07) is 4.76. The van der Waals surface area contributed by atoms with Gasteiger partial charge in [0.25, 0.3) is 5.69 Å². The average Bonchev–Trinajstić information content (AvgIpc) is 2.25. The summed E-state index contributed by atoms with van der Waals surface area (Å²) in [6.45, 7) is 6.17. The molecule has 3 nitrogen and oxygen atoms in total. The molecule has 0 aliphatic carbocycles. The molecule has 1 aromatic carbocycles. The number of benzene rings is 1. The van der Waals surface area contributed by atoms with Crippen molar-refractivity contribution in [2.75, 3.05) is 0 Å². The van der Waals surface area contributed by atoms with Crippen molar-refractivity contribution >= 4 is 28.9 Å². The van der Waals surface area contributed by atoms with Crippen LogP contribution in [0.4, 0.5) is 5.69 Å². The maximum atomic E-state index is 10.9. The second-order valence-corrected chi connectivity index (χ2v) is 6.37. The first-order valence-corrected chi connectivity index (χ1v) is 6.60. The lowest BCUT2D eigenvalue weighted by atomic mass is 9.88. The standard InChI is InChI=1S/C13H17Cl2NO2/c1-13(2,3)12(15)7-5-9-4-6-10(14)8-11(9)16(17)18/h4,6,8,12H,5,7H2,1-3H3. The molecule has 1 unspecified atom stereocenters. The van der Waals surface area contributed by atoms with Crippen LogP contribution in [0.2, 0.25) is 5.02 Å². The summed E-state index contributed by atoms with van der Waals surface area (Å²) in [5, 5.41) is 11.3. The van der Waals surface area contributed by atoms with Crippen molar-refractivity contribution in [2.24, 2.45) is 5.41 Å². The van der Waals surface area contributed by atoms with Gasteiger partial charge in [-0.25, -0.2) is 0 Å². The fourth-order valence-electron chi connectivity index (χ4n) is 1.63. The number of rotatable bonds is 4. The molecule has 100 valence electrons. The minimum absolute atomic E-state index is 0.0112. The predicted molar refractivity (Wildman–Crippen MR) is 75.5 cm³/mol. The van der Waals surface area contributed by atoms with Gasteiger partial charge in [0, 0.05) is 22.0 Å². The van der Waals surface area contributed by atoms with Crippen molar-refractivity contribution in [2.45, 2.75) is 39.0 Å². The zero-order valence-corrected chi connectivity index (χ0v) is 12.3. The number of nitrogens with zero attached hydrogens (tertiary/aromatic N) is 1. The highest BCUT2D eigenvalue weighted by Crippen LogP contribution is 2.30. The normalized spacial score (nSPS) is 13.4. The van der Waals surface area contributed by atoms with Crippen LogP contribution in [0.1, 0.15) is 32.8 Å². The number of hydrogen-bond donors (Lipinski definition) is 0. The van der Waals surface area contributed by atoms with Crippen LogP contribution in [0.25, 0.3) is 0 Å². The number of halogens is 2. The summed E-state index contributed by atoms with van der Waals surface area (Å²) in [7, 11) is 0. The van der Waals surface area contributed by atoms with Gasteiger partial charge in [0.1, 0.15) is 0 Å². The quantitative estimate of drug-likeness (QED) is 0.452. The maximum Gasteiger partial charge on any atom is 0.274 e. The fourth-order valence-corrected chi connectivity index (χ4v) is 1.91. The van der Waals surface area contributed by atoms with Crippen molar-refractivity contribution < 1.29 is 4.92 Å². The number of nitro groups is 1. The molecular weight excluding hydrogens is 273 g/mol. The molecule has 0 N–H and O–H groups in total. The van der Waals surface area contributed by atoms with Crippen LogP contribution in [0.5, 0.6) is 0 Å². The lowest BCUT2D eigenvalue weighted by Crippen LogP contribution is -2.21. The van der Waals surface area contributed by atoms with E-state index in [0.717, 1.165) is 0 Å². The van der Waals surface area contributed by atoms with E-state index in [-0.39, 0.29) is 16.5 Å². The molecule has 0 heterocycles. The van der Waals surface area contributed by atoms with Crippen LogP contribution in [0.15, 0.2) is 18.2 Å². The molecule has 0 aliphatic heterocycles. The van der Waals surface area contributed by atoms with Crippen molar-refractivity contribution in [3.63, 3.8) is 0 Å². The summed E-state index contributed by atoms with van der Waals surface area (Å²) in [4.78, 5) is 10.5. The topological polar surface area (TPSA) is 43.1 Å². The minimum atomic E-state index is -0.401. The van der Waals surface area contributed by atoms with Gasteiger partial charge in [0.2, 0.25) is 0 Å². The van der Waals surface area contributed by atoms with Gasteiger partial charge in [0.15, 0.2) is 0 Å². The molecule has 0 saturated carbocycles. The molecule has 1 aromatic rings. The molecule has 5 heteroatoms. The Bertz CT molecular complexity index is 441. The molecule has 0 amide bonds. The Balaban J connectivity index is 2.82. The largest absolute Gasteiger partial charge is 0.274 e. The highest BCUT2D eigenvalue weighted by Gasteiger charge is 2.23. The molecule has 1 atom stereocenters. The predicted octanol–water partition coefficient (Wildman–Crippen LogP) is 4.83. The molecule has 0 aromatic heterocycles. The Morgan fingerprint density at radius 3 is 2.50 bits per heavy atom. The van der Waals surface area contributed by atoms with Crippen LogP contribution < -0.4 is 0 Å². The van der Waals surface area contributed by atoms with E-state index in [0.29, 0.717) is 23.4 Å². The molecule has 18 heavy (non-hydrogen) atoms. The second kappa shape index (κ2) is 5.89. The molecule has 1 rings (SSSR count). The first-order valence-electron chi connectivity index (χ1n) is 5.78. The molecule has 0 spiro atoms. The molecule has 0 aliphatic rings. The van der Waals surface area contributed by atoms with E-state index in [2.05, 4.69) is 20.8 Å².